The molecule has 3 heteroatoms. The molecule has 80 valence electrons. The van der Waals surface area contributed by atoms with Gasteiger partial charge in [0, 0.05) is 12.7 Å². The van der Waals surface area contributed by atoms with Crippen LogP contribution < -0.4 is 10.6 Å². The van der Waals surface area contributed by atoms with E-state index < -0.39 is 0 Å². The van der Waals surface area contributed by atoms with Crippen molar-refractivity contribution in [3.8, 4) is 0 Å². The van der Waals surface area contributed by atoms with Crippen molar-refractivity contribution in [3.63, 3.8) is 0 Å². The van der Waals surface area contributed by atoms with Gasteiger partial charge < -0.3 is 10.6 Å². The molecule has 2 N–H and O–H groups in total. The van der Waals surface area contributed by atoms with Gasteiger partial charge in [-0.05, 0) is 18.1 Å². The van der Waals surface area contributed by atoms with Gasteiger partial charge in [-0.3, -0.25) is 0 Å². The van der Waals surface area contributed by atoms with Crippen molar-refractivity contribution in [2.45, 2.75) is 13.3 Å². The van der Waals surface area contributed by atoms with Crippen molar-refractivity contribution in [3.05, 3.63) is 42.1 Å². The molecule has 1 aromatic rings. The highest BCUT2D eigenvalue weighted by atomic mass is 16.2. The first-order chi connectivity index (χ1) is 7.33. The molecule has 1 rings (SSSR count). The van der Waals surface area contributed by atoms with Gasteiger partial charge in [-0.15, -0.1) is 0 Å². The van der Waals surface area contributed by atoms with Crippen molar-refractivity contribution in [1.29, 1.82) is 0 Å². The van der Waals surface area contributed by atoms with E-state index in [2.05, 4.69) is 10.6 Å². The summed E-state index contributed by atoms with van der Waals surface area (Å²) in [6.07, 6.45) is 4.43. The molecule has 0 saturated heterocycles. The molecule has 0 aromatic heterocycles. The lowest BCUT2D eigenvalue weighted by Gasteiger charge is -2.01. The molecule has 0 unspecified atom stereocenters. The summed E-state index contributed by atoms with van der Waals surface area (Å²) in [5.41, 5.74) is 1.06. The molecule has 15 heavy (non-hydrogen) atoms. The van der Waals surface area contributed by atoms with Gasteiger partial charge in [0.2, 0.25) is 0 Å². The standard InChI is InChI=1S/C12H16N2O/c1-2-9-13-12(15)14-10-8-11-6-4-3-5-7-11/h3-8,10H,2,9H2,1H3,(H2,13,14,15)/b10-8+. The van der Waals surface area contributed by atoms with Crippen LogP contribution in [-0.4, -0.2) is 12.6 Å². The number of carbonyl (C=O) groups is 1. The summed E-state index contributed by atoms with van der Waals surface area (Å²) in [6.45, 7) is 2.71. The van der Waals surface area contributed by atoms with Gasteiger partial charge in [-0.25, -0.2) is 4.79 Å². The maximum atomic E-state index is 11.1. The summed E-state index contributed by atoms with van der Waals surface area (Å²) in [7, 11) is 0. The van der Waals surface area contributed by atoms with Gasteiger partial charge in [0.1, 0.15) is 0 Å². The number of benzene rings is 1. The van der Waals surface area contributed by atoms with E-state index in [9.17, 15) is 4.79 Å². The van der Waals surface area contributed by atoms with Crippen molar-refractivity contribution in [2.24, 2.45) is 0 Å². The van der Waals surface area contributed by atoms with Crippen LogP contribution in [0.1, 0.15) is 18.9 Å². The van der Waals surface area contributed by atoms with Crippen molar-refractivity contribution in [2.75, 3.05) is 6.54 Å². The Labute approximate surface area is 90.2 Å². The number of hydrogen-bond acceptors (Lipinski definition) is 1. The quantitative estimate of drug-likeness (QED) is 0.776. The van der Waals surface area contributed by atoms with Crippen LogP contribution in [0.5, 0.6) is 0 Å². The number of urea groups is 1. The Hall–Kier alpha value is -1.77. The maximum Gasteiger partial charge on any atom is 0.318 e. The first-order valence-electron chi connectivity index (χ1n) is 5.09. The van der Waals surface area contributed by atoms with Gasteiger partial charge >= 0.3 is 6.03 Å². The number of carbonyl (C=O) groups excluding carboxylic acids is 1. The molecule has 0 aliphatic rings. The average Bonchev–Trinajstić information content (AvgIpc) is 2.28. The lowest BCUT2D eigenvalue weighted by atomic mass is 10.2. The Morgan fingerprint density at radius 2 is 2.07 bits per heavy atom. The van der Waals surface area contributed by atoms with Crippen molar-refractivity contribution >= 4 is 12.1 Å². The monoisotopic (exact) mass is 204 g/mol. The Balaban J connectivity index is 2.31. The van der Waals surface area contributed by atoms with E-state index in [0.29, 0.717) is 6.54 Å². The highest BCUT2D eigenvalue weighted by molar-refractivity contribution is 5.75. The molecule has 0 fully saturated rings. The molecule has 0 radical (unpaired) electrons. The van der Waals surface area contributed by atoms with E-state index in [1.54, 1.807) is 6.20 Å². The van der Waals surface area contributed by atoms with Crippen molar-refractivity contribution < 1.29 is 4.79 Å². The molecule has 0 heterocycles. The van der Waals surface area contributed by atoms with Crippen LogP contribution in [0, 0.1) is 0 Å². The van der Waals surface area contributed by atoms with Gasteiger partial charge in [0.25, 0.3) is 0 Å². The Bertz CT molecular complexity index is 320. The lowest BCUT2D eigenvalue weighted by molar-refractivity contribution is 0.244. The normalized spacial score (nSPS) is 10.2. The molecule has 1 aromatic carbocycles. The maximum absolute atomic E-state index is 11.1. The third kappa shape index (κ3) is 4.86. The van der Waals surface area contributed by atoms with Gasteiger partial charge in [-0.1, -0.05) is 37.3 Å². The van der Waals surface area contributed by atoms with Crippen molar-refractivity contribution in [1.82, 2.24) is 10.6 Å². The number of amides is 2. The molecule has 0 bridgehead atoms. The summed E-state index contributed by atoms with van der Waals surface area (Å²) < 4.78 is 0. The Morgan fingerprint density at radius 1 is 1.33 bits per heavy atom. The van der Waals surface area contributed by atoms with Crippen LogP contribution in [0.15, 0.2) is 36.5 Å². The van der Waals surface area contributed by atoms with E-state index in [1.165, 1.54) is 0 Å². The molecule has 0 aliphatic heterocycles. The zero-order chi connectivity index (χ0) is 10.9. The van der Waals surface area contributed by atoms with Gasteiger partial charge in [0.15, 0.2) is 0 Å². The number of hydrogen-bond donors (Lipinski definition) is 2. The van der Waals surface area contributed by atoms with Gasteiger partial charge in [0.05, 0.1) is 0 Å². The predicted octanol–water partition coefficient (Wildman–Crippen LogP) is 2.37. The minimum absolute atomic E-state index is 0.163. The van der Waals surface area contributed by atoms with Gasteiger partial charge in [-0.2, -0.15) is 0 Å². The summed E-state index contributed by atoms with van der Waals surface area (Å²) in [5, 5.41) is 5.35. The average molecular weight is 204 g/mol. The second kappa shape index (κ2) is 6.65. The molecule has 0 atom stereocenters. The Kier molecular flexibility index (Phi) is 5.01. The van der Waals surface area contributed by atoms with Crippen LogP contribution in [0.3, 0.4) is 0 Å². The van der Waals surface area contributed by atoms with E-state index >= 15 is 0 Å². The fraction of sp³-hybridized carbons (Fsp3) is 0.250. The summed E-state index contributed by atoms with van der Waals surface area (Å²) in [4.78, 5) is 11.1. The second-order valence-electron chi connectivity index (χ2n) is 3.14. The molecule has 0 saturated carbocycles. The number of rotatable bonds is 4. The first kappa shape index (κ1) is 11.3. The number of nitrogens with one attached hydrogen (secondary N) is 2. The lowest BCUT2D eigenvalue weighted by Crippen LogP contribution is -2.32. The highest BCUT2D eigenvalue weighted by Crippen LogP contribution is 1.99. The molecule has 0 spiro atoms. The first-order valence-corrected chi connectivity index (χ1v) is 5.09. The van der Waals surface area contributed by atoms with E-state index in [-0.39, 0.29) is 6.03 Å². The van der Waals surface area contributed by atoms with E-state index in [1.807, 2.05) is 43.3 Å². The third-order valence-electron chi connectivity index (χ3n) is 1.83. The second-order valence-corrected chi connectivity index (χ2v) is 3.14. The third-order valence-corrected chi connectivity index (χ3v) is 1.83. The van der Waals surface area contributed by atoms with Crippen LogP contribution in [-0.2, 0) is 0 Å². The Morgan fingerprint density at radius 3 is 2.73 bits per heavy atom. The fourth-order valence-corrected chi connectivity index (χ4v) is 1.07. The zero-order valence-corrected chi connectivity index (χ0v) is 8.86. The smallest absolute Gasteiger partial charge is 0.318 e. The molecule has 2 amide bonds. The van der Waals surface area contributed by atoms with Crippen LogP contribution in [0.2, 0.25) is 0 Å². The largest absolute Gasteiger partial charge is 0.338 e. The molecule has 3 nitrogen and oxygen atoms in total. The molecular formula is C12H16N2O. The van der Waals surface area contributed by atoms with E-state index in [0.717, 1.165) is 12.0 Å². The molecular weight excluding hydrogens is 188 g/mol. The topological polar surface area (TPSA) is 41.1 Å². The highest BCUT2D eigenvalue weighted by Gasteiger charge is 1.92. The van der Waals surface area contributed by atoms with Crippen LogP contribution in [0.4, 0.5) is 4.79 Å². The predicted molar refractivity (Wildman–Crippen MR) is 62.3 cm³/mol. The zero-order valence-electron chi connectivity index (χ0n) is 8.86. The van der Waals surface area contributed by atoms with Crippen LogP contribution >= 0.6 is 0 Å². The fourth-order valence-electron chi connectivity index (χ4n) is 1.07. The summed E-state index contributed by atoms with van der Waals surface area (Å²) in [6, 6.07) is 9.65. The summed E-state index contributed by atoms with van der Waals surface area (Å²) >= 11 is 0. The minimum Gasteiger partial charge on any atom is -0.338 e. The SMILES string of the molecule is CCCNC(=O)N/C=C/c1ccccc1. The minimum atomic E-state index is -0.163. The molecule has 0 aliphatic carbocycles. The van der Waals surface area contributed by atoms with E-state index in [4.69, 9.17) is 0 Å². The summed E-state index contributed by atoms with van der Waals surface area (Å²) in [5.74, 6) is 0. The van der Waals surface area contributed by atoms with Crippen LogP contribution in [0.25, 0.3) is 6.08 Å².